The predicted molar refractivity (Wildman–Crippen MR) is 66.6 cm³/mol. The second-order valence-corrected chi connectivity index (χ2v) is 5.00. The quantitative estimate of drug-likeness (QED) is 0.727. The lowest BCUT2D eigenvalue weighted by Crippen LogP contribution is -2.47. The Balaban J connectivity index is 1.78. The zero-order valence-corrected chi connectivity index (χ0v) is 10.8. The van der Waals surface area contributed by atoms with Crippen LogP contribution in [0.3, 0.4) is 0 Å². The third-order valence-corrected chi connectivity index (χ3v) is 3.40. The molecule has 2 N–H and O–H groups in total. The van der Waals surface area contributed by atoms with Crippen LogP contribution in [0.2, 0.25) is 0 Å². The minimum Gasteiger partial charge on any atom is -0.480 e. The highest BCUT2D eigenvalue weighted by molar-refractivity contribution is 5.86. The molecule has 0 aromatic rings. The second kappa shape index (κ2) is 5.90. The van der Waals surface area contributed by atoms with Gasteiger partial charge < -0.3 is 20.2 Å². The first-order chi connectivity index (χ1) is 9.08. The molecule has 2 fully saturated rings. The molecule has 0 atom stereocenters. The summed E-state index contributed by atoms with van der Waals surface area (Å²) in [5.41, 5.74) is 0. The Morgan fingerprint density at radius 3 is 2.37 bits per heavy atom. The van der Waals surface area contributed by atoms with E-state index in [0.717, 1.165) is 38.8 Å². The minimum atomic E-state index is -1.03. The van der Waals surface area contributed by atoms with Crippen LogP contribution in [0.4, 0.5) is 4.79 Å². The Morgan fingerprint density at radius 1 is 1.21 bits per heavy atom. The van der Waals surface area contributed by atoms with Gasteiger partial charge in [0, 0.05) is 19.1 Å². The number of hydrogen-bond donors (Lipinski definition) is 2. The number of likely N-dealkylation sites (tertiary alicyclic amines) is 1. The molecule has 19 heavy (non-hydrogen) atoms. The summed E-state index contributed by atoms with van der Waals surface area (Å²) in [6.45, 7) is 1.13. The van der Waals surface area contributed by atoms with Gasteiger partial charge in [0.15, 0.2) is 0 Å². The number of rotatable bonds is 5. The maximum atomic E-state index is 11.9. The summed E-state index contributed by atoms with van der Waals surface area (Å²) < 4.78 is 0. The third kappa shape index (κ3) is 3.84. The highest BCUT2D eigenvalue weighted by Gasteiger charge is 2.34. The fourth-order valence-electron chi connectivity index (χ4n) is 2.23. The maximum absolute atomic E-state index is 11.9. The van der Waals surface area contributed by atoms with E-state index in [0.29, 0.717) is 0 Å². The summed E-state index contributed by atoms with van der Waals surface area (Å²) >= 11 is 0. The maximum Gasteiger partial charge on any atom is 0.323 e. The van der Waals surface area contributed by atoms with Crippen LogP contribution in [0.15, 0.2) is 0 Å². The summed E-state index contributed by atoms with van der Waals surface area (Å²) in [4.78, 5) is 37.3. The predicted octanol–water partition coefficient (Wildman–Crippen LogP) is -0.133. The number of hydrogen-bond acceptors (Lipinski definition) is 3. The molecule has 106 valence electrons. The normalized spacial score (nSPS) is 18.2. The van der Waals surface area contributed by atoms with Gasteiger partial charge >= 0.3 is 12.0 Å². The SMILES string of the molecule is O=C(O)CN(C(=O)NCC(=O)N1CCCC1)C1CC1. The van der Waals surface area contributed by atoms with Gasteiger partial charge in [-0.3, -0.25) is 9.59 Å². The van der Waals surface area contributed by atoms with Crippen molar-refractivity contribution in [1.29, 1.82) is 0 Å². The summed E-state index contributed by atoms with van der Waals surface area (Å²) in [6, 6.07) is -0.449. The highest BCUT2D eigenvalue weighted by atomic mass is 16.4. The van der Waals surface area contributed by atoms with Crippen molar-refractivity contribution in [3.63, 3.8) is 0 Å². The molecule has 3 amide bonds. The second-order valence-electron chi connectivity index (χ2n) is 5.00. The van der Waals surface area contributed by atoms with E-state index < -0.39 is 12.0 Å². The summed E-state index contributed by atoms with van der Waals surface area (Å²) in [6.07, 6.45) is 3.68. The number of carbonyl (C=O) groups excluding carboxylic acids is 2. The van der Waals surface area contributed by atoms with Crippen LogP contribution in [0.5, 0.6) is 0 Å². The van der Waals surface area contributed by atoms with Crippen molar-refractivity contribution >= 4 is 17.9 Å². The third-order valence-electron chi connectivity index (χ3n) is 3.40. The van der Waals surface area contributed by atoms with Crippen molar-refractivity contribution < 1.29 is 19.5 Å². The van der Waals surface area contributed by atoms with E-state index in [4.69, 9.17) is 5.11 Å². The fourth-order valence-corrected chi connectivity index (χ4v) is 2.23. The molecule has 0 unspecified atom stereocenters. The standard InChI is InChI=1S/C12H19N3O4/c16-10(14-5-1-2-6-14)7-13-12(19)15(8-11(17)18)9-3-4-9/h9H,1-8H2,(H,13,19)(H,17,18). The van der Waals surface area contributed by atoms with E-state index >= 15 is 0 Å². The summed E-state index contributed by atoms with van der Waals surface area (Å²) in [5, 5.41) is 11.3. The van der Waals surface area contributed by atoms with Gasteiger partial charge in [-0.15, -0.1) is 0 Å². The first kappa shape index (κ1) is 13.6. The van der Waals surface area contributed by atoms with Gasteiger partial charge in [0.1, 0.15) is 6.54 Å². The average molecular weight is 269 g/mol. The molecule has 1 heterocycles. The molecule has 7 nitrogen and oxygen atoms in total. The molecular weight excluding hydrogens is 250 g/mol. The van der Waals surface area contributed by atoms with Gasteiger partial charge in [0.25, 0.3) is 0 Å². The van der Waals surface area contributed by atoms with Crippen molar-refractivity contribution in [1.82, 2.24) is 15.1 Å². The average Bonchev–Trinajstić information content (AvgIpc) is 3.06. The van der Waals surface area contributed by atoms with Crippen molar-refractivity contribution in [2.24, 2.45) is 0 Å². The molecule has 0 aromatic heterocycles. The van der Waals surface area contributed by atoms with Gasteiger partial charge in [-0.2, -0.15) is 0 Å². The smallest absolute Gasteiger partial charge is 0.323 e. The van der Waals surface area contributed by atoms with Crippen LogP contribution < -0.4 is 5.32 Å². The minimum absolute atomic E-state index is 0.0120. The number of carboxylic acid groups (broad SMARTS) is 1. The van der Waals surface area contributed by atoms with Gasteiger partial charge in [0.05, 0.1) is 6.54 Å². The van der Waals surface area contributed by atoms with Gasteiger partial charge in [0.2, 0.25) is 5.91 Å². The van der Waals surface area contributed by atoms with Crippen molar-refractivity contribution in [3.8, 4) is 0 Å². The topological polar surface area (TPSA) is 90.0 Å². The number of urea groups is 1. The van der Waals surface area contributed by atoms with E-state index in [1.165, 1.54) is 4.90 Å². The Kier molecular flexibility index (Phi) is 4.24. The first-order valence-corrected chi connectivity index (χ1v) is 6.62. The van der Waals surface area contributed by atoms with E-state index in [2.05, 4.69) is 5.32 Å². The van der Waals surface area contributed by atoms with E-state index in [1.54, 1.807) is 4.90 Å². The molecule has 1 aliphatic heterocycles. The lowest BCUT2D eigenvalue weighted by atomic mass is 10.4. The lowest BCUT2D eigenvalue weighted by Gasteiger charge is -2.21. The van der Waals surface area contributed by atoms with Gasteiger partial charge in [-0.25, -0.2) is 4.79 Å². The monoisotopic (exact) mass is 269 g/mol. The molecule has 0 aromatic carbocycles. The molecule has 0 spiro atoms. The van der Waals surface area contributed by atoms with E-state index in [1.807, 2.05) is 0 Å². The zero-order valence-electron chi connectivity index (χ0n) is 10.8. The van der Waals surface area contributed by atoms with Crippen LogP contribution in [-0.4, -0.2) is 65.0 Å². The fraction of sp³-hybridized carbons (Fsp3) is 0.750. The number of carbonyl (C=O) groups is 3. The van der Waals surface area contributed by atoms with Crippen LogP contribution >= 0.6 is 0 Å². The molecule has 2 aliphatic rings. The van der Waals surface area contributed by atoms with E-state index in [-0.39, 0.29) is 25.0 Å². The zero-order chi connectivity index (χ0) is 13.8. The molecule has 2 rings (SSSR count). The number of carboxylic acids is 1. The Bertz CT molecular complexity index is 375. The van der Waals surface area contributed by atoms with Crippen molar-refractivity contribution in [2.75, 3.05) is 26.2 Å². The number of aliphatic carboxylic acids is 1. The summed E-state index contributed by atoms with van der Waals surface area (Å²) in [7, 11) is 0. The van der Waals surface area contributed by atoms with Crippen LogP contribution in [0.1, 0.15) is 25.7 Å². The van der Waals surface area contributed by atoms with Crippen molar-refractivity contribution in [3.05, 3.63) is 0 Å². The number of nitrogens with zero attached hydrogens (tertiary/aromatic N) is 2. The van der Waals surface area contributed by atoms with Gasteiger partial charge in [-0.05, 0) is 25.7 Å². The molecular formula is C12H19N3O4. The van der Waals surface area contributed by atoms with Crippen molar-refractivity contribution in [2.45, 2.75) is 31.7 Å². The van der Waals surface area contributed by atoms with Crippen LogP contribution in [-0.2, 0) is 9.59 Å². The number of amides is 3. The molecule has 1 aliphatic carbocycles. The molecule has 1 saturated heterocycles. The Hall–Kier alpha value is -1.79. The highest BCUT2D eigenvalue weighted by Crippen LogP contribution is 2.26. The molecule has 1 saturated carbocycles. The molecule has 7 heteroatoms. The Morgan fingerprint density at radius 2 is 1.84 bits per heavy atom. The first-order valence-electron chi connectivity index (χ1n) is 6.62. The summed E-state index contributed by atoms with van der Waals surface area (Å²) in [5.74, 6) is -1.13. The van der Waals surface area contributed by atoms with E-state index in [9.17, 15) is 14.4 Å². The lowest BCUT2D eigenvalue weighted by molar-refractivity contribution is -0.137. The van der Waals surface area contributed by atoms with Crippen LogP contribution in [0, 0.1) is 0 Å². The van der Waals surface area contributed by atoms with Crippen LogP contribution in [0.25, 0.3) is 0 Å². The van der Waals surface area contributed by atoms with Gasteiger partial charge in [-0.1, -0.05) is 0 Å². The molecule has 0 radical (unpaired) electrons. The molecule has 0 bridgehead atoms. The Labute approximate surface area is 111 Å². The largest absolute Gasteiger partial charge is 0.480 e. The number of nitrogens with one attached hydrogen (secondary N) is 1.